The lowest BCUT2D eigenvalue weighted by Gasteiger charge is -2.06. The first-order chi connectivity index (χ1) is 10.7. The number of carboxylic acid groups (broad SMARTS) is 1. The maximum absolute atomic E-state index is 10.6. The van der Waals surface area contributed by atoms with Crippen LogP contribution in [-0.4, -0.2) is 16.1 Å². The number of carboxylic acids is 1. The third-order valence-corrected chi connectivity index (χ3v) is 3.34. The molecule has 1 heterocycles. The van der Waals surface area contributed by atoms with Gasteiger partial charge in [-0.05, 0) is 23.8 Å². The SMILES string of the molecule is O=C(O)C=Cc1c[nH]c2cc(OCc3ccccc3)ccc12. The molecule has 0 radical (unpaired) electrons. The van der Waals surface area contributed by atoms with Gasteiger partial charge in [-0.15, -0.1) is 0 Å². The first-order valence-electron chi connectivity index (χ1n) is 6.91. The van der Waals surface area contributed by atoms with E-state index in [0.29, 0.717) is 6.61 Å². The van der Waals surface area contributed by atoms with Crippen LogP contribution in [0.3, 0.4) is 0 Å². The molecule has 4 nitrogen and oxygen atoms in total. The van der Waals surface area contributed by atoms with Gasteiger partial charge in [-0.3, -0.25) is 0 Å². The number of benzene rings is 2. The Kier molecular flexibility index (Phi) is 3.92. The lowest BCUT2D eigenvalue weighted by atomic mass is 10.1. The standard InChI is InChI=1S/C18H15NO3/c20-18(21)9-6-14-11-19-17-10-15(7-8-16(14)17)22-12-13-4-2-1-3-5-13/h1-11,19H,12H2,(H,20,21). The third kappa shape index (κ3) is 3.17. The van der Waals surface area contributed by atoms with Gasteiger partial charge in [-0.25, -0.2) is 4.79 Å². The maximum Gasteiger partial charge on any atom is 0.328 e. The number of H-pyrrole nitrogens is 1. The lowest BCUT2D eigenvalue weighted by molar-refractivity contribution is -0.131. The highest BCUT2D eigenvalue weighted by atomic mass is 16.5. The molecule has 0 fully saturated rings. The van der Waals surface area contributed by atoms with E-state index < -0.39 is 5.97 Å². The first-order valence-corrected chi connectivity index (χ1v) is 6.91. The molecule has 0 saturated heterocycles. The summed E-state index contributed by atoms with van der Waals surface area (Å²) in [6, 6.07) is 15.7. The summed E-state index contributed by atoms with van der Waals surface area (Å²) in [4.78, 5) is 13.7. The van der Waals surface area contributed by atoms with E-state index in [0.717, 1.165) is 33.9 Å². The zero-order chi connectivity index (χ0) is 15.4. The Labute approximate surface area is 127 Å². The Bertz CT molecular complexity index is 819. The van der Waals surface area contributed by atoms with Crippen LogP contribution < -0.4 is 4.74 Å². The molecular formula is C18H15NO3. The van der Waals surface area contributed by atoms with Crippen molar-refractivity contribution in [3.05, 3.63) is 71.9 Å². The van der Waals surface area contributed by atoms with Crippen molar-refractivity contribution in [2.45, 2.75) is 6.61 Å². The molecule has 0 amide bonds. The fraction of sp³-hybridized carbons (Fsp3) is 0.0556. The van der Waals surface area contributed by atoms with Gasteiger partial charge < -0.3 is 14.8 Å². The fourth-order valence-electron chi connectivity index (χ4n) is 2.26. The molecule has 0 saturated carbocycles. The van der Waals surface area contributed by atoms with Crippen LogP contribution in [0.15, 0.2) is 60.8 Å². The largest absolute Gasteiger partial charge is 0.489 e. The van der Waals surface area contributed by atoms with Gasteiger partial charge in [-0.1, -0.05) is 30.3 Å². The number of aliphatic carboxylic acids is 1. The molecule has 0 atom stereocenters. The quantitative estimate of drug-likeness (QED) is 0.702. The molecule has 0 aliphatic heterocycles. The van der Waals surface area contributed by atoms with E-state index >= 15 is 0 Å². The molecule has 0 spiro atoms. The van der Waals surface area contributed by atoms with E-state index in [1.165, 1.54) is 0 Å². The smallest absolute Gasteiger partial charge is 0.328 e. The minimum Gasteiger partial charge on any atom is -0.489 e. The van der Waals surface area contributed by atoms with E-state index in [1.807, 2.05) is 48.5 Å². The van der Waals surface area contributed by atoms with E-state index in [1.54, 1.807) is 12.3 Å². The Balaban J connectivity index is 1.78. The van der Waals surface area contributed by atoms with Crippen molar-refractivity contribution in [2.75, 3.05) is 0 Å². The van der Waals surface area contributed by atoms with Crippen molar-refractivity contribution in [3.63, 3.8) is 0 Å². The molecule has 0 aliphatic rings. The maximum atomic E-state index is 10.6. The summed E-state index contributed by atoms with van der Waals surface area (Å²) in [7, 11) is 0. The summed E-state index contributed by atoms with van der Waals surface area (Å²) in [6.07, 6.45) is 4.49. The van der Waals surface area contributed by atoms with Crippen LogP contribution in [0.1, 0.15) is 11.1 Å². The van der Waals surface area contributed by atoms with Crippen molar-refractivity contribution in [2.24, 2.45) is 0 Å². The van der Waals surface area contributed by atoms with Gasteiger partial charge in [0.15, 0.2) is 0 Å². The van der Waals surface area contributed by atoms with E-state index in [2.05, 4.69) is 4.98 Å². The van der Waals surface area contributed by atoms with Crippen LogP contribution in [0.2, 0.25) is 0 Å². The molecule has 3 rings (SSSR count). The van der Waals surface area contributed by atoms with Crippen LogP contribution in [0.5, 0.6) is 5.75 Å². The number of fused-ring (bicyclic) bond motifs is 1. The summed E-state index contributed by atoms with van der Waals surface area (Å²) in [6.45, 7) is 0.513. The average Bonchev–Trinajstić information content (AvgIpc) is 2.94. The molecule has 4 heteroatoms. The number of hydrogen-bond acceptors (Lipinski definition) is 2. The van der Waals surface area contributed by atoms with E-state index in [-0.39, 0.29) is 0 Å². The van der Waals surface area contributed by atoms with Gasteiger partial charge in [0.25, 0.3) is 0 Å². The van der Waals surface area contributed by atoms with Crippen LogP contribution in [0.25, 0.3) is 17.0 Å². The number of hydrogen-bond donors (Lipinski definition) is 2. The number of aromatic amines is 1. The second-order valence-corrected chi connectivity index (χ2v) is 4.90. The minimum atomic E-state index is -0.961. The van der Waals surface area contributed by atoms with Crippen LogP contribution >= 0.6 is 0 Å². The van der Waals surface area contributed by atoms with Gasteiger partial charge in [0.1, 0.15) is 12.4 Å². The summed E-state index contributed by atoms with van der Waals surface area (Å²) in [5.41, 5.74) is 2.86. The minimum absolute atomic E-state index is 0.513. The van der Waals surface area contributed by atoms with Gasteiger partial charge in [0.2, 0.25) is 0 Å². The summed E-state index contributed by atoms with van der Waals surface area (Å²) in [5, 5.41) is 9.65. The molecular weight excluding hydrogens is 278 g/mol. The van der Waals surface area contributed by atoms with Crippen LogP contribution in [-0.2, 0) is 11.4 Å². The van der Waals surface area contributed by atoms with Crippen molar-refractivity contribution in [1.29, 1.82) is 0 Å². The zero-order valence-corrected chi connectivity index (χ0v) is 11.8. The number of nitrogens with one attached hydrogen (secondary N) is 1. The highest BCUT2D eigenvalue weighted by Gasteiger charge is 2.04. The molecule has 0 bridgehead atoms. The predicted molar refractivity (Wildman–Crippen MR) is 85.7 cm³/mol. The Morgan fingerprint density at radius 2 is 2.00 bits per heavy atom. The molecule has 2 N–H and O–H groups in total. The predicted octanol–water partition coefficient (Wildman–Crippen LogP) is 3.84. The molecule has 1 aromatic heterocycles. The van der Waals surface area contributed by atoms with Crippen LogP contribution in [0.4, 0.5) is 0 Å². The number of rotatable bonds is 5. The van der Waals surface area contributed by atoms with Crippen molar-refractivity contribution < 1.29 is 14.6 Å². The monoisotopic (exact) mass is 293 g/mol. The average molecular weight is 293 g/mol. The normalized spacial score (nSPS) is 11.1. The van der Waals surface area contributed by atoms with Crippen molar-refractivity contribution in [3.8, 4) is 5.75 Å². The fourth-order valence-corrected chi connectivity index (χ4v) is 2.26. The van der Waals surface area contributed by atoms with Gasteiger partial charge in [-0.2, -0.15) is 0 Å². The first kappa shape index (κ1) is 13.9. The van der Waals surface area contributed by atoms with Crippen molar-refractivity contribution >= 4 is 22.9 Å². The third-order valence-electron chi connectivity index (χ3n) is 3.34. The molecule has 0 aliphatic carbocycles. The van der Waals surface area contributed by atoms with Gasteiger partial charge >= 0.3 is 5.97 Å². The number of ether oxygens (including phenoxy) is 1. The summed E-state index contributed by atoms with van der Waals surface area (Å²) >= 11 is 0. The number of carbonyl (C=O) groups is 1. The lowest BCUT2D eigenvalue weighted by Crippen LogP contribution is -1.94. The zero-order valence-electron chi connectivity index (χ0n) is 11.8. The summed E-state index contributed by atoms with van der Waals surface area (Å²) in [5.74, 6) is -0.191. The van der Waals surface area contributed by atoms with Crippen molar-refractivity contribution in [1.82, 2.24) is 4.98 Å². The topological polar surface area (TPSA) is 62.3 Å². The molecule has 22 heavy (non-hydrogen) atoms. The van der Waals surface area contributed by atoms with Gasteiger partial charge in [0, 0.05) is 34.8 Å². The van der Waals surface area contributed by atoms with E-state index in [4.69, 9.17) is 9.84 Å². The van der Waals surface area contributed by atoms with Crippen LogP contribution in [0, 0.1) is 0 Å². The highest BCUT2D eigenvalue weighted by molar-refractivity contribution is 5.93. The second-order valence-electron chi connectivity index (χ2n) is 4.90. The molecule has 0 unspecified atom stereocenters. The van der Waals surface area contributed by atoms with E-state index in [9.17, 15) is 4.79 Å². The Morgan fingerprint density at radius 1 is 1.18 bits per heavy atom. The Morgan fingerprint density at radius 3 is 2.77 bits per heavy atom. The summed E-state index contributed by atoms with van der Waals surface area (Å²) < 4.78 is 5.78. The second kappa shape index (κ2) is 6.18. The highest BCUT2D eigenvalue weighted by Crippen LogP contribution is 2.24. The number of aromatic nitrogens is 1. The molecule has 2 aromatic carbocycles. The van der Waals surface area contributed by atoms with Gasteiger partial charge in [0.05, 0.1) is 0 Å². The Hall–Kier alpha value is -3.01. The molecule has 3 aromatic rings. The molecule has 110 valence electrons.